The molecule has 4 unspecified atom stereocenters. The number of aromatic amines is 1. The number of aliphatic imine (C=N–C) groups is 1. The standard InChI is InChI=1S/C21H38N10O5S/c22-6-2-1-5-14(20(35)36)29-18(33)15(8-12-9-26-11-28-12)30-19(34)16(10-37)31-17(32)13(23)4-3-7-27-21(24)25/h9,11,13-16,37H,1-8,10,22-23H2,(H,26,28)(H,29,33)(H,30,34)(H,31,32)(H,35,36)(H4,24,25,27). The number of aromatic nitrogens is 2. The molecule has 0 fully saturated rings. The Morgan fingerprint density at radius 3 is 2.22 bits per heavy atom. The Hall–Kier alpha value is -3.37. The molecule has 15 nitrogen and oxygen atoms in total. The molecule has 4 atom stereocenters. The third-order valence-electron chi connectivity index (χ3n) is 5.29. The van der Waals surface area contributed by atoms with Gasteiger partial charge in [-0.3, -0.25) is 19.4 Å². The first-order valence-corrected chi connectivity index (χ1v) is 12.4. The van der Waals surface area contributed by atoms with E-state index in [1.165, 1.54) is 12.5 Å². The van der Waals surface area contributed by atoms with Gasteiger partial charge < -0.3 is 49.0 Å². The van der Waals surface area contributed by atoms with Crippen molar-refractivity contribution in [2.24, 2.45) is 27.9 Å². The lowest BCUT2D eigenvalue weighted by molar-refractivity contribution is -0.142. The predicted molar refractivity (Wildman–Crippen MR) is 140 cm³/mol. The van der Waals surface area contributed by atoms with Crippen LogP contribution < -0.4 is 38.9 Å². The number of unbranched alkanes of at least 4 members (excludes halogenated alkanes) is 1. The van der Waals surface area contributed by atoms with Crippen molar-refractivity contribution < 1.29 is 24.3 Å². The Morgan fingerprint density at radius 2 is 1.65 bits per heavy atom. The summed E-state index contributed by atoms with van der Waals surface area (Å²) in [5.41, 5.74) is 22.4. The van der Waals surface area contributed by atoms with E-state index in [1.54, 1.807) is 0 Å². The minimum atomic E-state index is -1.20. The van der Waals surface area contributed by atoms with Crippen LogP contribution in [-0.4, -0.2) is 87.7 Å². The van der Waals surface area contributed by atoms with Crippen LogP contribution in [0.3, 0.4) is 0 Å². The maximum atomic E-state index is 13.0. The highest BCUT2D eigenvalue weighted by Crippen LogP contribution is 2.05. The number of nitrogens with two attached hydrogens (primary N) is 4. The van der Waals surface area contributed by atoms with Crippen molar-refractivity contribution in [3.05, 3.63) is 18.2 Å². The van der Waals surface area contributed by atoms with E-state index in [0.29, 0.717) is 38.0 Å². The molecule has 1 aromatic heterocycles. The molecule has 0 aliphatic rings. The zero-order valence-corrected chi connectivity index (χ0v) is 21.5. The number of carboxylic acid groups (broad SMARTS) is 1. The van der Waals surface area contributed by atoms with E-state index in [9.17, 15) is 24.3 Å². The largest absolute Gasteiger partial charge is 0.480 e. The van der Waals surface area contributed by atoms with E-state index in [1.807, 2.05) is 0 Å². The minimum absolute atomic E-state index is 0.00422. The maximum absolute atomic E-state index is 13.0. The number of aliphatic carboxylic acids is 1. The molecular formula is C21H38N10O5S. The van der Waals surface area contributed by atoms with E-state index < -0.39 is 47.9 Å². The van der Waals surface area contributed by atoms with Crippen LogP contribution in [0.5, 0.6) is 0 Å². The summed E-state index contributed by atoms with van der Waals surface area (Å²) < 4.78 is 0. The topological polar surface area (TPSA) is 270 Å². The van der Waals surface area contributed by atoms with Crippen molar-refractivity contribution in [1.29, 1.82) is 0 Å². The van der Waals surface area contributed by atoms with Crippen LogP contribution in [0.4, 0.5) is 0 Å². The highest BCUT2D eigenvalue weighted by Gasteiger charge is 2.30. The molecule has 13 N–H and O–H groups in total. The molecule has 1 heterocycles. The lowest BCUT2D eigenvalue weighted by Crippen LogP contribution is -2.58. The van der Waals surface area contributed by atoms with Gasteiger partial charge in [-0.1, -0.05) is 0 Å². The van der Waals surface area contributed by atoms with Crippen LogP contribution in [0.15, 0.2) is 17.5 Å². The summed E-state index contributed by atoms with van der Waals surface area (Å²) in [5.74, 6) is -3.32. The van der Waals surface area contributed by atoms with Crippen LogP contribution in [0.1, 0.15) is 37.8 Å². The van der Waals surface area contributed by atoms with Crippen LogP contribution in [0.2, 0.25) is 0 Å². The molecule has 1 aromatic rings. The first-order valence-electron chi connectivity index (χ1n) is 11.8. The van der Waals surface area contributed by atoms with E-state index in [0.717, 1.165) is 0 Å². The first-order chi connectivity index (χ1) is 17.6. The molecule has 0 aliphatic heterocycles. The summed E-state index contributed by atoms with van der Waals surface area (Å²) in [6.45, 7) is 0.698. The first kappa shape index (κ1) is 31.7. The summed E-state index contributed by atoms with van der Waals surface area (Å²) in [7, 11) is 0. The van der Waals surface area contributed by atoms with Gasteiger partial charge in [0.05, 0.1) is 12.4 Å². The lowest BCUT2D eigenvalue weighted by atomic mass is 10.1. The van der Waals surface area contributed by atoms with Gasteiger partial charge in [-0.05, 0) is 38.6 Å². The number of thiol groups is 1. The molecule has 0 aromatic carbocycles. The predicted octanol–water partition coefficient (Wildman–Crippen LogP) is -3.07. The number of nitrogens with one attached hydrogen (secondary N) is 4. The molecule has 0 bridgehead atoms. The Kier molecular flexibility index (Phi) is 14.7. The molecular weight excluding hydrogens is 504 g/mol. The van der Waals surface area contributed by atoms with E-state index in [2.05, 4.69) is 43.5 Å². The third-order valence-corrected chi connectivity index (χ3v) is 5.66. The zero-order valence-electron chi connectivity index (χ0n) is 20.6. The zero-order chi connectivity index (χ0) is 27.8. The highest BCUT2D eigenvalue weighted by atomic mass is 32.1. The summed E-state index contributed by atoms with van der Waals surface area (Å²) in [6.07, 6.45) is 4.90. The minimum Gasteiger partial charge on any atom is -0.480 e. The van der Waals surface area contributed by atoms with Gasteiger partial charge in [0.25, 0.3) is 0 Å². The van der Waals surface area contributed by atoms with E-state index in [4.69, 9.17) is 22.9 Å². The van der Waals surface area contributed by atoms with Gasteiger partial charge in [-0.2, -0.15) is 12.6 Å². The number of hydrogen-bond acceptors (Lipinski definition) is 9. The Morgan fingerprint density at radius 1 is 1.00 bits per heavy atom. The smallest absolute Gasteiger partial charge is 0.326 e. The van der Waals surface area contributed by atoms with Gasteiger partial charge in [0.2, 0.25) is 17.7 Å². The van der Waals surface area contributed by atoms with E-state index >= 15 is 0 Å². The van der Waals surface area contributed by atoms with Gasteiger partial charge in [0, 0.05) is 30.6 Å². The highest BCUT2D eigenvalue weighted by molar-refractivity contribution is 7.80. The van der Waals surface area contributed by atoms with Gasteiger partial charge in [0.1, 0.15) is 18.1 Å². The average Bonchev–Trinajstić information content (AvgIpc) is 3.36. The fourth-order valence-corrected chi connectivity index (χ4v) is 3.50. The monoisotopic (exact) mass is 542 g/mol. The fraction of sp³-hybridized carbons (Fsp3) is 0.619. The van der Waals surface area contributed by atoms with Crippen molar-refractivity contribution in [2.75, 3.05) is 18.8 Å². The van der Waals surface area contributed by atoms with Crippen molar-refractivity contribution in [2.45, 2.75) is 62.7 Å². The van der Waals surface area contributed by atoms with Crippen molar-refractivity contribution in [1.82, 2.24) is 25.9 Å². The maximum Gasteiger partial charge on any atom is 0.326 e. The van der Waals surface area contributed by atoms with Gasteiger partial charge >= 0.3 is 5.97 Å². The Balaban J connectivity index is 2.84. The van der Waals surface area contributed by atoms with Gasteiger partial charge in [-0.25, -0.2) is 9.78 Å². The normalized spacial score (nSPS) is 14.0. The van der Waals surface area contributed by atoms with Crippen LogP contribution in [0.25, 0.3) is 0 Å². The average molecular weight is 543 g/mol. The summed E-state index contributed by atoms with van der Waals surface area (Å²) >= 11 is 4.13. The molecule has 0 saturated heterocycles. The number of carbonyl (C=O) groups excluding carboxylic acids is 3. The number of H-pyrrole nitrogens is 1. The Labute approximate surface area is 220 Å². The molecule has 1 rings (SSSR count). The molecule has 0 radical (unpaired) electrons. The van der Waals surface area contributed by atoms with Gasteiger partial charge in [0.15, 0.2) is 5.96 Å². The molecule has 3 amide bonds. The number of amides is 3. The van der Waals surface area contributed by atoms with Gasteiger partial charge in [-0.15, -0.1) is 0 Å². The quantitative estimate of drug-likeness (QED) is 0.0387. The summed E-state index contributed by atoms with van der Waals surface area (Å²) in [5, 5.41) is 17.0. The molecule has 0 aliphatic carbocycles. The second-order valence-corrected chi connectivity index (χ2v) is 8.69. The number of rotatable bonds is 18. The molecule has 0 spiro atoms. The SMILES string of the molecule is NCCCCC(NC(=O)C(Cc1cnc[nH]1)NC(=O)C(CS)NC(=O)C(N)CCCN=C(N)N)C(=O)O. The molecule has 208 valence electrons. The number of nitrogens with zero attached hydrogens (tertiary/aromatic N) is 2. The van der Waals surface area contributed by atoms with E-state index in [-0.39, 0.29) is 31.0 Å². The number of imidazole rings is 1. The number of carbonyl (C=O) groups is 4. The van der Waals surface area contributed by atoms with Crippen LogP contribution >= 0.6 is 12.6 Å². The number of hydrogen-bond donors (Lipinski definition) is 10. The van der Waals surface area contributed by atoms with Crippen LogP contribution in [0, 0.1) is 0 Å². The Bertz CT molecular complexity index is 894. The summed E-state index contributed by atoms with van der Waals surface area (Å²) in [6, 6.07) is -4.33. The molecule has 16 heteroatoms. The number of guanidine groups is 1. The summed E-state index contributed by atoms with van der Waals surface area (Å²) in [4.78, 5) is 60.6. The van der Waals surface area contributed by atoms with Crippen molar-refractivity contribution in [3.63, 3.8) is 0 Å². The van der Waals surface area contributed by atoms with Crippen LogP contribution in [-0.2, 0) is 25.6 Å². The second kappa shape index (κ2) is 17.1. The third kappa shape index (κ3) is 12.4. The lowest BCUT2D eigenvalue weighted by Gasteiger charge is -2.24. The second-order valence-electron chi connectivity index (χ2n) is 8.33. The van der Waals surface area contributed by atoms with Crippen molar-refractivity contribution >= 4 is 42.3 Å². The molecule has 37 heavy (non-hydrogen) atoms. The fourth-order valence-electron chi connectivity index (χ4n) is 3.24. The number of carboxylic acids is 1. The van der Waals surface area contributed by atoms with Crippen molar-refractivity contribution in [3.8, 4) is 0 Å². The molecule has 0 saturated carbocycles.